The molecule has 0 amide bonds. The van der Waals surface area contributed by atoms with Crippen molar-refractivity contribution in [1.82, 2.24) is 0 Å². The molecule has 4 nitrogen and oxygen atoms in total. The average molecular weight is 215 g/mol. The van der Waals surface area contributed by atoms with Crippen molar-refractivity contribution in [3.05, 3.63) is 0 Å². The summed E-state index contributed by atoms with van der Waals surface area (Å²) < 4.78 is 16.7. The predicted molar refractivity (Wildman–Crippen MR) is 56.7 cm³/mol. The Morgan fingerprint density at radius 2 is 2.00 bits per heavy atom. The molecule has 0 saturated carbocycles. The summed E-state index contributed by atoms with van der Waals surface area (Å²) in [6.07, 6.45) is 2.98. The number of ether oxygens (including phenoxy) is 3. The Bertz CT molecular complexity index is 186. The van der Waals surface area contributed by atoms with Crippen molar-refractivity contribution in [3.63, 3.8) is 0 Å². The lowest BCUT2D eigenvalue weighted by molar-refractivity contribution is -0.114. The molecule has 15 heavy (non-hydrogen) atoms. The van der Waals surface area contributed by atoms with Crippen molar-refractivity contribution in [3.8, 4) is 0 Å². The Morgan fingerprint density at radius 3 is 2.60 bits per heavy atom. The van der Waals surface area contributed by atoms with Gasteiger partial charge in [0.15, 0.2) is 0 Å². The summed E-state index contributed by atoms with van der Waals surface area (Å²) in [5.41, 5.74) is 5.69. The molecule has 2 saturated heterocycles. The van der Waals surface area contributed by atoms with Crippen LogP contribution in [0, 0.1) is 5.92 Å². The molecule has 2 fully saturated rings. The largest absolute Gasteiger partial charge is 0.381 e. The maximum atomic E-state index is 6.02. The van der Waals surface area contributed by atoms with Crippen molar-refractivity contribution in [1.29, 1.82) is 0 Å². The minimum atomic E-state index is -0.124. The first-order valence-electron chi connectivity index (χ1n) is 5.84. The Hall–Kier alpha value is -0.160. The second-order valence-electron chi connectivity index (χ2n) is 4.54. The van der Waals surface area contributed by atoms with Gasteiger partial charge in [0.05, 0.1) is 18.8 Å². The Kier molecular flexibility index (Phi) is 3.97. The van der Waals surface area contributed by atoms with Crippen molar-refractivity contribution in [2.24, 2.45) is 11.7 Å². The van der Waals surface area contributed by atoms with E-state index < -0.39 is 0 Å². The maximum absolute atomic E-state index is 6.02. The summed E-state index contributed by atoms with van der Waals surface area (Å²) in [7, 11) is 0. The van der Waals surface area contributed by atoms with E-state index >= 15 is 0 Å². The first-order chi connectivity index (χ1) is 7.35. The summed E-state index contributed by atoms with van der Waals surface area (Å²) in [4.78, 5) is 0. The van der Waals surface area contributed by atoms with Crippen LogP contribution in [0.15, 0.2) is 0 Å². The second kappa shape index (κ2) is 5.25. The van der Waals surface area contributed by atoms with Crippen LogP contribution in [0.5, 0.6) is 0 Å². The fraction of sp³-hybridized carbons (Fsp3) is 1.00. The highest BCUT2D eigenvalue weighted by Gasteiger charge is 2.33. The molecule has 2 aliphatic rings. The Balaban J connectivity index is 1.78. The minimum absolute atomic E-state index is 0.124. The molecular formula is C11H21NO3. The van der Waals surface area contributed by atoms with Gasteiger partial charge < -0.3 is 19.9 Å². The molecule has 2 heterocycles. The van der Waals surface area contributed by atoms with Gasteiger partial charge in [0.25, 0.3) is 0 Å². The SMILES string of the molecule is NCC1(OCC2CCOC2)CCOCC1. The number of hydrogen-bond acceptors (Lipinski definition) is 4. The second-order valence-corrected chi connectivity index (χ2v) is 4.54. The van der Waals surface area contributed by atoms with Gasteiger partial charge in [0, 0.05) is 45.1 Å². The van der Waals surface area contributed by atoms with E-state index in [1.807, 2.05) is 0 Å². The molecule has 0 aromatic heterocycles. The monoisotopic (exact) mass is 215 g/mol. The van der Waals surface area contributed by atoms with E-state index in [-0.39, 0.29) is 5.60 Å². The normalized spacial score (nSPS) is 30.6. The van der Waals surface area contributed by atoms with Crippen LogP contribution in [0.4, 0.5) is 0 Å². The molecule has 0 spiro atoms. The van der Waals surface area contributed by atoms with Gasteiger partial charge in [-0.1, -0.05) is 0 Å². The average Bonchev–Trinajstić information content (AvgIpc) is 2.81. The number of nitrogens with two attached hydrogens (primary N) is 1. The lowest BCUT2D eigenvalue weighted by Gasteiger charge is -2.36. The molecule has 0 aliphatic carbocycles. The van der Waals surface area contributed by atoms with Crippen LogP contribution in [0.3, 0.4) is 0 Å². The van der Waals surface area contributed by atoms with Crippen LogP contribution >= 0.6 is 0 Å². The predicted octanol–water partition coefficient (Wildman–Crippen LogP) is 0.547. The highest BCUT2D eigenvalue weighted by Crippen LogP contribution is 2.26. The van der Waals surface area contributed by atoms with Crippen molar-refractivity contribution in [2.75, 3.05) is 39.6 Å². The van der Waals surface area contributed by atoms with Gasteiger partial charge in [0.2, 0.25) is 0 Å². The smallest absolute Gasteiger partial charge is 0.0848 e. The molecule has 2 rings (SSSR count). The standard InChI is InChI=1S/C11H21NO3/c12-9-11(2-5-13-6-3-11)15-8-10-1-4-14-7-10/h10H,1-9,12H2. The molecule has 0 aromatic carbocycles. The Labute approximate surface area is 91.1 Å². The topological polar surface area (TPSA) is 53.7 Å². The van der Waals surface area contributed by atoms with E-state index in [4.69, 9.17) is 19.9 Å². The molecule has 1 atom stereocenters. The van der Waals surface area contributed by atoms with Crippen molar-refractivity contribution >= 4 is 0 Å². The summed E-state index contributed by atoms with van der Waals surface area (Å²) in [5.74, 6) is 0.566. The number of rotatable bonds is 4. The molecule has 2 N–H and O–H groups in total. The third-order valence-corrected chi connectivity index (χ3v) is 3.43. The first kappa shape index (κ1) is 11.3. The van der Waals surface area contributed by atoms with Crippen molar-refractivity contribution in [2.45, 2.75) is 24.9 Å². The van der Waals surface area contributed by atoms with Crippen molar-refractivity contribution < 1.29 is 14.2 Å². The molecular weight excluding hydrogens is 194 g/mol. The minimum Gasteiger partial charge on any atom is -0.381 e. The van der Waals surface area contributed by atoms with Gasteiger partial charge in [-0.2, -0.15) is 0 Å². The van der Waals surface area contributed by atoms with E-state index in [9.17, 15) is 0 Å². The van der Waals surface area contributed by atoms with E-state index in [1.165, 1.54) is 0 Å². The first-order valence-corrected chi connectivity index (χ1v) is 5.84. The fourth-order valence-corrected chi connectivity index (χ4v) is 2.16. The fourth-order valence-electron chi connectivity index (χ4n) is 2.16. The van der Waals surface area contributed by atoms with E-state index in [0.29, 0.717) is 12.5 Å². The lowest BCUT2D eigenvalue weighted by atomic mass is 9.94. The van der Waals surface area contributed by atoms with E-state index in [2.05, 4.69) is 0 Å². The molecule has 88 valence electrons. The van der Waals surface area contributed by atoms with Crippen LogP contribution in [-0.2, 0) is 14.2 Å². The Morgan fingerprint density at radius 1 is 1.20 bits per heavy atom. The summed E-state index contributed by atoms with van der Waals surface area (Å²) in [5, 5.41) is 0. The van der Waals surface area contributed by atoms with Gasteiger partial charge in [-0.15, -0.1) is 0 Å². The van der Waals surface area contributed by atoms with Gasteiger partial charge >= 0.3 is 0 Å². The molecule has 0 radical (unpaired) electrons. The molecule has 0 bridgehead atoms. The van der Waals surface area contributed by atoms with Gasteiger partial charge in [-0.25, -0.2) is 0 Å². The van der Waals surface area contributed by atoms with Crippen LogP contribution in [0.25, 0.3) is 0 Å². The van der Waals surface area contributed by atoms with Gasteiger partial charge in [-0.05, 0) is 6.42 Å². The van der Waals surface area contributed by atoms with Crippen LogP contribution < -0.4 is 5.73 Å². The third-order valence-electron chi connectivity index (χ3n) is 3.43. The van der Waals surface area contributed by atoms with Gasteiger partial charge in [-0.3, -0.25) is 0 Å². The van der Waals surface area contributed by atoms with Crippen LogP contribution in [0.2, 0.25) is 0 Å². The molecule has 4 heteroatoms. The van der Waals surface area contributed by atoms with E-state index in [1.54, 1.807) is 0 Å². The molecule has 1 unspecified atom stereocenters. The number of hydrogen-bond donors (Lipinski definition) is 1. The zero-order chi connectivity index (χ0) is 10.6. The molecule has 0 aromatic rings. The molecule has 2 aliphatic heterocycles. The highest BCUT2D eigenvalue weighted by atomic mass is 16.5. The highest BCUT2D eigenvalue weighted by molar-refractivity contribution is 4.85. The van der Waals surface area contributed by atoms with Crippen LogP contribution in [-0.4, -0.2) is 45.2 Å². The summed E-state index contributed by atoms with van der Waals surface area (Å²) >= 11 is 0. The summed E-state index contributed by atoms with van der Waals surface area (Å²) in [6.45, 7) is 4.67. The zero-order valence-electron chi connectivity index (χ0n) is 9.24. The third kappa shape index (κ3) is 2.91. The quantitative estimate of drug-likeness (QED) is 0.744. The maximum Gasteiger partial charge on any atom is 0.0848 e. The lowest BCUT2D eigenvalue weighted by Crippen LogP contribution is -2.46. The van der Waals surface area contributed by atoms with Crippen LogP contribution in [0.1, 0.15) is 19.3 Å². The summed E-state index contributed by atoms with van der Waals surface area (Å²) in [6, 6.07) is 0. The zero-order valence-corrected chi connectivity index (χ0v) is 9.24. The van der Waals surface area contributed by atoms with Gasteiger partial charge in [0.1, 0.15) is 0 Å². The van der Waals surface area contributed by atoms with E-state index in [0.717, 1.165) is 52.3 Å².